The molecule has 0 N–H and O–H groups in total. The summed E-state index contributed by atoms with van der Waals surface area (Å²) in [5, 5.41) is 4.03. The van der Waals surface area contributed by atoms with Crippen molar-refractivity contribution < 1.29 is 14.1 Å². The van der Waals surface area contributed by atoms with Gasteiger partial charge in [0.1, 0.15) is 11.4 Å². The zero-order valence-corrected chi connectivity index (χ0v) is 14.8. The van der Waals surface area contributed by atoms with Crippen molar-refractivity contribution in [1.82, 2.24) is 10.1 Å². The highest BCUT2D eigenvalue weighted by atomic mass is 35.5. The first-order valence-electron chi connectivity index (χ1n) is 8.05. The molecule has 1 saturated heterocycles. The molecule has 130 valence electrons. The molecule has 3 rings (SSSR count). The zero-order chi connectivity index (χ0) is 16.2. The van der Waals surface area contributed by atoms with Crippen molar-refractivity contribution in [1.29, 1.82) is 0 Å². The van der Waals surface area contributed by atoms with Crippen LogP contribution in [0.15, 0.2) is 34.9 Å². The first kappa shape index (κ1) is 18.5. The fraction of sp³-hybridized carbons (Fsp3) is 0.444. The van der Waals surface area contributed by atoms with Gasteiger partial charge in [0.25, 0.3) is 0 Å². The van der Waals surface area contributed by atoms with Crippen molar-refractivity contribution in [3.05, 3.63) is 36.1 Å². The second-order valence-electron chi connectivity index (χ2n) is 6.08. The molecule has 24 heavy (non-hydrogen) atoms. The summed E-state index contributed by atoms with van der Waals surface area (Å²) >= 11 is 0. The fourth-order valence-electron chi connectivity index (χ4n) is 2.97. The van der Waals surface area contributed by atoms with Gasteiger partial charge in [-0.05, 0) is 50.2 Å². The van der Waals surface area contributed by atoms with Gasteiger partial charge < -0.3 is 14.2 Å². The Morgan fingerprint density at radius 1 is 1.29 bits per heavy atom. The van der Waals surface area contributed by atoms with Crippen LogP contribution >= 0.6 is 12.4 Å². The van der Waals surface area contributed by atoms with Crippen LogP contribution in [0.25, 0.3) is 11.3 Å². The SMILES string of the molecule is COc1ccc(-c2cc(C(=O)C(C)CN3CCCC3)on2)cc1.Cl. The topological polar surface area (TPSA) is 55.6 Å². The Hall–Kier alpha value is -1.85. The number of methoxy groups -OCH3 is 1. The van der Waals surface area contributed by atoms with E-state index in [1.807, 2.05) is 31.2 Å². The lowest BCUT2D eigenvalue weighted by molar-refractivity contribution is 0.0865. The average molecular weight is 351 g/mol. The maximum Gasteiger partial charge on any atom is 0.204 e. The van der Waals surface area contributed by atoms with Crippen LogP contribution < -0.4 is 4.74 Å². The van der Waals surface area contributed by atoms with Gasteiger partial charge in [-0.15, -0.1) is 12.4 Å². The van der Waals surface area contributed by atoms with Crippen LogP contribution in [-0.4, -0.2) is 42.6 Å². The van der Waals surface area contributed by atoms with E-state index in [1.54, 1.807) is 13.2 Å². The molecule has 1 fully saturated rings. The Labute approximate surface area is 148 Å². The van der Waals surface area contributed by atoms with Gasteiger partial charge in [0.2, 0.25) is 11.5 Å². The second-order valence-corrected chi connectivity index (χ2v) is 6.08. The maximum absolute atomic E-state index is 12.5. The van der Waals surface area contributed by atoms with Gasteiger partial charge in [0.15, 0.2) is 0 Å². The number of rotatable bonds is 6. The third-order valence-electron chi connectivity index (χ3n) is 4.32. The van der Waals surface area contributed by atoms with Crippen molar-refractivity contribution in [2.24, 2.45) is 5.92 Å². The van der Waals surface area contributed by atoms with Gasteiger partial charge in [0.05, 0.1) is 7.11 Å². The standard InChI is InChI=1S/C18H22N2O3.ClH/c1-13(12-20-9-3-4-10-20)18(21)17-11-16(19-23-17)14-5-7-15(22-2)8-6-14;/h5-8,11,13H,3-4,9-10,12H2,1-2H3;1H. The van der Waals surface area contributed by atoms with Crippen LogP contribution in [0.3, 0.4) is 0 Å². The summed E-state index contributed by atoms with van der Waals surface area (Å²) in [7, 11) is 1.63. The minimum Gasteiger partial charge on any atom is -0.497 e. The van der Waals surface area contributed by atoms with E-state index >= 15 is 0 Å². The third kappa shape index (κ3) is 4.16. The Morgan fingerprint density at radius 2 is 1.96 bits per heavy atom. The minimum absolute atomic E-state index is 0. The van der Waals surface area contributed by atoms with E-state index < -0.39 is 0 Å². The number of benzene rings is 1. The van der Waals surface area contributed by atoms with E-state index in [0.717, 1.165) is 30.9 Å². The van der Waals surface area contributed by atoms with E-state index in [2.05, 4.69) is 10.1 Å². The number of ketones is 1. The van der Waals surface area contributed by atoms with Crippen molar-refractivity contribution >= 4 is 18.2 Å². The number of carbonyl (C=O) groups excluding carboxylic acids is 1. The lowest BCUT2D eigenvalue weighted by Gasteiger charge is -2.18. The smallest absolute Gasteiger partial charge is 0.204 e. The van der Waals surface area contributed by atoms with Gasteiger partial charge in [-0.3, -0.25) is 4.79 Å². The number of hydrogen-bond donors (Lipinski definition) is 0. The van der Waals surface area contributed by atoms with Crippen LogP contribution in [-0.2, 0) is 0 Å². The van der Waals surface area contributed by atoms with Gasteiger partial charge in [-0.25, -0.2) is 0 Å². The van der Waals surface area contributed by atoms with Gasteiger partial charge in [-0.2, -0.15) is 0 Å². The molecule has 0 saturated carbocycles. The average Bonchev–Trinajstić information content (AvgIpc) is 3.26. The second kappa shape index (κ2) is 8.31. The molecular formula is C18H23ClN2O3. The highest BCUT2D eigenvalue weighted by Crippen LogP contribution is 2.23. The molecule has 1 aromatic heterocycles. The molecule has 2 aromatic rings. The van der Waals surface area contributed by atoms with Crippen LogP contribution in [0.2, 0.25) is 0 Å². The Kier molecular flexibility index (Phi) is 6.40. The fourth-order valence-corrected chi connectivity index (χ4v) is 2.97. The van der Waals surface area contributed by atoms with Gasteiger partial charge in [0, 0.05) is 24.1 Å². The van der Waals surface area contributed by atoms with E-state index in [9.17, 15) is 4.79 Å². The number of carbonyl (C=O) groups is 1. The molecule has 6 heteroatoms. The largest absolute Gasteiger partial charge is 0.497 e. The number of nitrogens with zero attached hydrogens (tertiary/aromatic N) is 2. The maximum atomic E-state index is 12.5. The molecule has 5 nitrogen and oxygen atoms in total. The molecule has 0 spiro atoms. The first-order chi connectivity index (χ1) is 11.2. The summed E-state index contributed by atoms with van der Waals surface area (Å²) < 4.78 is 10.4. The molecular weight excluding hydrogens is 328 g/mol. The van der Waals surface area contributed by atoms with Crippen LogP contribution in [0, 0.1) is 5.92 Å². The lowest BCUT2D eigenvalue weighted by atomic mass is 10.0. The zero-order valence-electron chi connectivity index (χ0n) is 14.0. The molecule has 1 aliphatic rings. The van der Waals surface area contributed by atoms with E-state index in [-0.39, 0.29) is 24.1 Å². The quantitative estimate of drug-likeness (QED) is 0.744. The Balaban J connectivity index is 0.00000208. The van der Waals surface area contributed by atoms with Crippen LogP contribution in [0.4, 0.5) is 0 Å². The van der Waals surface area contributed by atoms with E-state index in [0.29, 0.717) is 11.5 Å². The van der Waals surface area contributed by atoms with E-state index in [1.165, 1.54) is 12.8 Å². The predicted molar refractivity (Wildman–Crippen MR) is 94.9 cm³/mol. The number of halogens is 1. The molecule has 1 unspecified atom stereocenters. The molecule has 0 radical (unpaired) electrons. The molecule has 2 heterocycles. The summed E-state index contributed by atoms with van der Waals surface area (Å²) in [4.78, 5) is 14.8. The van der Waals surface area contributed by atoms with Crippen LogP contribution in [0.1, 0.15) is 30.3 Å². The van der Waals surface area contributed by atoms with Crippen molar-refractivity contribution in [2.75, 3.05) is 26.7 Å². The van der Waals surface area contributed by atoms with Crippen molar-refractivity contribution in [3.63, 3.8) is 0 Å². The van der Waals surface area contributed by atoms with Gasteiger partial charge >= 0.3 is 0 Å². The molecule has 0 bridgehead atoms. The lowest BCUT2D eigenvalue weighted by Crippen LogP contribution is -2.29. The summed E-state index contributed by atoms with van der Waals surface area (Å²) in [6.07, 6.45) is 2.45. The number of hydrogen-bond acceptors (Lipinski definition) is 5. The monoisotopic (exact) mass is 350 g/mol. The van der Waals surface area contributed by atoms with E-state index in [4.69, 9.17) is 9.26 Å². The third-order valence-corrected chi connectivity index (χ3v) is 4.32. The number of ether oxygens (including phenoxy) is 1. The highest BCUT2D eigenvalue weighted by molar-refractivity contribution is 5.96. The Morgan fingerprint density at radius 3 is 2.58 bits per heavy atom. The predicted octanol–water partition coefficient (Wildman–Crippen LogP) is 3.69. The number of likely N-dealkylation sites (tertiary alicyclic amines) is 1. The number of aromatic nitrogens is 1. The number of Topliss-reactive ketones (excluding diaryl/α,β-unsaturated/α-hetero) is 1. The molecule has 0 aliphatic carbocycles. The summed E-state index contributed by atoms with van der Waals surface area (Å²) in [6.45, 7) is 4.92. The Bertz CT molecular complexity index is 663. The van der Waals surface area contributed by atoms with Crippen LogP contribution in [0.5, 0.6) is 5.75 Å². The molecule has 1 aromatic carbocycles. The summed E-state index contributed by atoms with van der Waals surface area (Å²) in [5.41, 5.74) is 1.57. The first-order valence-corrected chi connectivity index (χ1v) is 8.05. The van der Waals surface area contributed by atoms with Crippen molar-refractivity contribution in [2.45, 2.75) is 19.8 Å². The summed E-state index contributed by atoms with van der Waals surface area (Å²) in [5.74, 6) is 1.06. The molecule has 0 amide bonds. The minimum atomic E-state index is -0.0789. The van der Waals surface area contributed by atoms with Crippen molar-refractivity contribution in [3.8, 4) is 17.0 Å². The molecule has 1 aliphatic heterocycles. The molecule has 1 atom stereocenters. The van der Waals surface area contributed by atoms with Gasteiger partial charge in [-0.1, -0.05) is 12.1 Å². The normalized spacial score (nSPS) is 15.8. The highest BCUT2D eigenvalue weighted by Gasteiger charge is 2.24. The summed E-state index contributed by atoms with van der Waals surface area (Å²) in [6, 6.07) is 9.25.